The zero-order chi connectivity index (χ0) is 13.7. The van der Waals surface area contributed by atoms with Gasteiger partial charge in [0.2, 0.25) is 0 Å². The first kappa shape index (κ1) is 14.4. The van der Waals surface area contributed by atoms with E-state index in [0.717, 1.165) is 6.07 Å². The molecule has 1 aromatic rings. The summed E-state index contributed by atoms with van der Waals surface area (Å²) in [7, 11) is 0. The van der Waals surface area contributed by atoms with E-state index >= 15 is 0 Å². The number of hydrogen-bond acceptors (Lipinski definition) is 2. The number of halogens is 2. The quantitative estimate of drug-likeness (QED) is 0.865. The molecule has 18 heavy (non-hydrogen) atoms. The lowest BCUT2D eigenvalue weighted by Crippen LogP contribution is -2.33. The number of carbonyl (C=O) groups excluding carboxylic acids is 1. The van der Waals surface area contributed by atoms with Crippen molar-refractivity contribution < 1.29 is 19.1 Å². The highest BCUT2D eigenvalue weighted by Crippen LogP contribution is 2.18. The number of aliphatic carboxylic acids is 1. The Morgan fingerprint density at radius 3 is 2.67 bits per heavy atom. The van der Waals surface area contributed by atoms with Gasteiger partial charge < -0.3 is 10.4 Å². The van der Waals surface area contributed by atoms with Gasteiger partial charge >= 0.3 is 5.97 Å². The second-order valence-corrected chi connectivity index (χ2v) is 4.16. The molecule has 1 amide bonds. The molecule has 0 saturated heterocycles. The number of nitrogens with one attached hydrogen (secondary N) is 1. The number of benzene rings is 1. The topological polar surface area (TPSA) is 66.4 Å². The molecule has 0 aromatic heterocycles. The van der Waals surface area contributed by atoms with E-state index in [1.165, 1.54) is 12.1 Å². The number of carbonyl (C=O) groups is 2. The lowest BCUT2D eigenvalue weighted by molar-refractivity contribution is -0.141. The lowest BCUT2D eigenvalue weighted by Gasteiger charge is -2.12. The van der Waals surface area contributed by atoms with Gasteiger partial charge in [-0.25, -0.2) is 4.39 Å². The van der Waals surface area contributed by atoms with Crippen LogP contribution in [-0.4, -0.2) is 23.5 Å². The molecule has 6 heteroatoms. The van der Waals surface area contributed by atoms with Crippen LogP contribution in [-0.2, 0) is 4.79 Å². The van der Waals surface area contributed by atoms with Gasteiger partial charge in [-0.3, -0.25) is 9.59 Å². The second kappa shape index (κ2) is 6.35. The molecule has 0 aliphatic heterocycles. The first-order valence-corrected chi connectivity index (χ1v) is 5.80. The molecule has 0 aliphatic carbocycles. The normalized spacial score (nSPS) is 11.9. The van der Waals surface area contributed by atoms with Crippen LogP contribution in [0.25, 0.3) is 0 Å². The molecule has 0 spiro atoms. The van der Waals surface area contributed by atoms with Crippen molar-refractivity contribution in [1.29, 1.82) is 0 Å². The van der Waals surface area contributed by atoms with Crippen LogP contribution in [0.5, 0.6) is 0 Å². The van der Waals surface area contributed by atoms with Crippen LogP contribution in [0.1, 0.15) is 23.7 Å². The predicted molar refractivity (Wildman–Crippen MR) is 65.2 cm³/mol. The zero-order valence-corrected chi connectivity index (χ0v) is 10.5. The molecule has 0 bridgehead atoms. The minimum absolute atomic E-state index is 0.00382. The number of hydrogen-bond donors (Lipinski definition) is 2. The van der Waals surface area contributed by atoms with Crippen LogP contribution in [0, 0.1) is 11.7 Å². The fourth-order valence-electron chi connectivity index (χ4n) is 1.43. The largest absolute Gasteiger partial charge is 0.481 e. The van der Waals surface area contributed by atoms with Gasteiger partial charge in [-0.1, -0.05) is 24.6 Å². The molecular formula is C12H13ClFNO3. The first-order chi connectivity index (χ1) is 8.47. The summed E-state index contributed by atoms with van der Waals surface area (Å²) in [5, 5.41) is 11.2. The van der Waals surface area contributed by atoms with E-state index in [4.69, 9.17) is 16.7 Å². The van der Waals surface area contributed by atoms with Crippen LogP contribution in [0.3, 0.4) is 0 Å². The van der Waals surface area contributed by atoms with Crippen molar-refractivity contribution in [2.45, 2.75) is 13.3 Å². The third kappa shape index (κ3) is 3.43. The molecule has 1 rings (SSSR count). The Labute approximate surface area is 109 Å². The van der Waals surface area contributed by atoms with Crippen molar-refractivity contribution in [3.8, 4) is 0 Å². The molecular weight excluding hydrogens is 261 g/mol. The molecule has 1 unspecified atom stereocenters. The van der Waals surface area contributed by atoms with E-state index in [0.29, 0.717) is 6.42 Å². The summed E-state index contributed by atoms with van der Waals surface area (Å²) in [4.78, 5) is 22.5. The fraction of sp³-hybridized carbons (Fsp3) is 0.333. The molecule has 0 radical (unpaired) electrons. The molecule has 0 heterocycles. The Bertz CT molecular complexity index is 444. The minimum Gasteiger partial charge on any atom is -0.481 e. The van der Waals surface area contributed by atoms with E-state index in [1.807, 2.05) is 0 Å². The van der Waals surface area contributed by atoms with Crippen molar-refractivity contribution in [2.24, 2.45) is 5.92 Å². The van der Waals surface area contributed by atoms with Crippen LogP contribution in [0.4, 0.5) is 4.39 Å². The van der Waals surface area contributed by atoms with Crippen molar-refractivity contribution >= 4 is 23.5 Å². The third-order valence-electron chi connectivity index (χ3n) is 2.54. The summed E-state index contributed by atoms with van der Waals surface area (Å²) >= 11 is 5.72. The average Bonchev–Trinajstić information content (AvgIpc) is 2.29. The second-order valence-electron chi connectivity index (χ2n) is 3.75. The SMILES string of the molecule is CCC(CNC(=O)c1c(F)cccc1Cl)C(=O)O. The average molecular weight is 274 g/mol. The summed E-state index contributed by atoms with van der Waals surface area (Å²) in [5.41, 5.74) is -0.264. The van der Waals surface area contributed by atoms with E-state index in [9.17, 15) is 14.0 Å². The van der Waals surface area contributed by atoms with Gasteiger partial charge in [0.25, 0.3) is 5.91 Å². The van der Waals surface area contributed by atoms with Crippen LogP contribution in [0.15, 0.2) is 18.2 Å². The number of rotatable bonds is 5. The lowest BCUT2D eigenvalue weighted by atomic mass is 10.1. The Kier molecular flexibility index (Phi) is 5.09. The molecule has 2 N–H and O–H groups in total. The van der Waals surface area contributed by atoms with E-state index < -0.39 is 23.6 Å². The number of amides is 1. The van der Waals surface area contributed by atoms with Gasteiger partial charge in [-0.15, -0.1) is 0 Å². The van der Waals surface area contributed by atoms with Gasteiger partial charge in [0, 0.05) is 6.54 Å². The van der Waals surface area contributed by atoms with Gasteiger partial charge in [0.15, 0.2) is 0 Å². The van der Waals surface area contributed by atoms with Gasteiger partial charge in [-0.2, -0.15) is 0 Å². The maximum absolute atomic E-state index is 13.4. The minimum atomic E-state index is -1.00. The Balaban J connectivity index is 2.74. The summed E-state index contributed by atoms with van der Waals surface area (Å²) in [6.07, 6.45) is 0.376. The fourth-order valence-corrected chi connectivity index (χ4v) is 1.67. The molecule has 0 aliphatic rings. The Morgan fingerprint density at radius 2 is 2.17 bits per heavy atom. The standard InChI is InChI=1S/C12H13ClFNO3/c1-2-7(12(17)18)6-15-11(16)10-8(13)4-3-5-9(10)14/h3-5,7H,2,6H2,1H3,(H,15,16)(H,17,18). The Hall–Kier alpha value is -1.62. The van der Waals surface area contributed by atoms with Crippen molar-refractivity contribution in [1.82, 2.24) is 5.32 Å². The van der Waals surface area contributed by atoms with E-state index in [-0.39, 0.29) is 17.1 Å². The monoisotopic (exact) mass is 273 g/mol. The Morgan fingerprint density at radius 1 is 1.50 bits per heavy atom. The summed E-state index contributed by atoms with van der Waals surface area (Å²) in [5.74, 6) is -3.14. The molecule has 1 atom stereocenters. The molecule has 98 valence electrons. The molecule has 4 nitrogen and oxygen atoms in total. The maximum atomic E-state index is 13.4. The predicted octanol–water partition coefficient (Wildman–Crippen LogP) is 2.32. The highest BCUT2D eigenvalue weighted by Gasteiger charge is 2.19. The zero-order valence-electron chi connectivity index (χ0n) is 9.74. The van der Waals surface area contributed by atoms with Gasteiger partial charge in [0.1, 0.15) is 5.82 Å². The van der Waals surface area contributed by atoms with Crippen molar-refractivity contribution in [3.63, 3.8) is 0 Å². The van der Waals surface area contributed by atoms with Gasteiger partial charge in [-0.05, 0) is 18.6 Å². The molecule has 1 aromatic carbocycles. The number of carboxylic acids is 1. The van der Waals surface area contributed by atoms with Crippen LogP contribution < -0.4 is 5.32 Å². The van der Waals surface area contributed by atoms with E-state index in [2.05, 4.69) is 5.32 Å². The summed E-state index contributed by atoms with van der Waals surface area (Å²) in [6, 6.07) is 3.91. The maximum Gasteiger partial charge on any atom is 0.308 e. The highest BCUT2D eigenvalue weighted by atomic mass is 35.5. The summed E-state index contributed by atoms with van der Waals surface area (Å²) < 4.78 is 13.4. The van der Waals surface area contributed by atoms with Gasteiger partial charge in [0.05, 0.1) is 16.5 Å². The van der Waals surface area contributed by atoms with Crippen molar-refractivity contribution in [2.75, 3.05) is 6.54 Å². The third-order valence-corrected chi connectivity index (χ3v) is 2.86. The smallest absolute Gasteiger partial charge is 0.308 e. The highest BCUT2D eigenvalue weighted by molar-refractivity contribution is 6.33. The number of carboxylic acid groups (broad SMARTS) is 1. The first-order valence-electron chi connectivity index (χ1n) is 5.42. The van der Waals surface area contributed by atoms with E-state index in [1.54, 1.807) is 6.92 Å². The molecule has 0 fully saturated rings. The summed E-state index contributed by atoms with van der Waals surface area (Å²) in [6.45, 7) is 1.64. The van der Waals surface area contributed by atoms with Crippen LogP contribution >= 0.6 is 11.6 Å². The van der Waals surface area contributed by atoms with Crippen LogP contribution in [0.2, 0.25) is 5.02 Å². The van der Waals surface area contributed by atoms with Crippen molar-refractivity contribution in [3.05, 3.63) is 34.6 Å². The molecule has 0 saturated carbocycles.